The van der Waals surface area contributed by atoms with Crippen LogP contribution in [0, 0.1) is 0 Å². The number of hydrogen-bond acceptors (Lipinski definition) is 5. The molecule has 3 rings (SSSR count). The molecule has 1 heterocycles. The molecule has 0 aromatic heterocycles. The van der Waals surface area contributed by atoms with Crippen LogP contribution in [0.15, 0.2) is 47.4 Å². The predicted molar refractivity (Wildman–Crippen MR) is 103 cm³/mol. The van der Waals surface area contributed by atoms with E-state index in [1.165, 1.54) is 11.8 Å². The van der Waals surface area contributed by atoms with Crippen molar-refractivity contribution in [2.45, 2.75) is 19.3 Å². The maximum Gasteiger partial charge on any atom is 0.266 e. The molecule has 0 saturated carbocycles. The van der Waals surface area contributed by atoms with E-state index in [0.717, 1.165) is 16.3 Å². The van der Waals surface area contributed by atoms with E-state index >= 15 is 0 Å². The van der Waals surface area contributed by atoms with Crippen LogP contribution in [-0.2, 0) is 9.59 Å². The maximum absolute atomic E-state index is 12.6. The van der Waals surface area contributed by atoms with Crippen molar-refractivity contribution in [2.75, 3.05) is 6.54 Å². The number of carbonyl (C=O) groups is 2. The summed E-state index contributed by atoms with van der Waals surface area (Å²) in [6.07, 6.45) is 2.94. The zero-order valence-corrected chi connectivity index (χ0v) is 15.1. The van der Waals surface area contributed by atoms with Crippen LogP contribution in [0.5, 0.6) is 0 Å². The summed E-state index contributed by atoms with van der Waals surface area (Å²) in [5.41, 5.74) is 0.982. The fraction of sp³-hybridized carbons (Fsp3) is 0.211. The Morgan fingerprint density at radius 2 is 1.92 bits per heavy atom. The molecule has 0 bridgehead atoms. The number of aliphatic carboxylic acids is 1. The molecule has 1 saturated heterocycles. The van der Waals surface area contributed by atoms with Crippen molar-refractivity contribution in [3.05, 3.63) is 52.9 Å². The van der Waals surface area contributed by atoms with E-state index in [4.69, 9.17) is 12.2 Å². The van der Waals surface area contributed by atoms with Gasteiger partial charge in [-0.1, -0.05) is 66.4 Å². The topological polar surface area (TPSA) is 60.4 Å². The van der Waals surface area contributed by atoms with Crippen molar-refractivity contribution in [3.63, 3.8) is 0 Å². The first-order valence-electron chi connectivity index (χ1n) is 7.99. The average molecular weight is 370 g/mol. The van der Waals surface area contributed by atoms with Crippen LogP contribution in [0.1, 0.15) is 24.8 Å². The summed E-state index contributed by atoms with van der Waals surface area (Å²) in [7, 11) is 0. The Labute approximate surface area is 155 Å². The van der Waals surface area contributed by atoms with Crippen LogP contribution < -0.4 is 5.11 Å². The zero-order chi connectivity index (χ0) is 17.8. The van der Waals surface area contributed by atoms with Gasteiger partial charge in [0.05, 0.1) is 4.91 Å². The Morgan fingerprint density at radius 1 is 1.16 bits per heavy atom. The minimum Gasteiger partial charge on any atom is -0.550 e. The lowest BCUT2D eigenvalue weighted by Gasteiger charge is -2.14. The molecule has 6 heteroatoms. The fourth-order valence-corrected chi connectivity index (χ4v) is 4.05. The van der Waals surface area contributed by atoms with E-state index in [1.54, 1.807) is 4.90 Å². The number of thiocarbonyl (C=S) groups is 1. The first kappa shape index (κ1) is 17.6. The Balaban J connectivity index is 1.77. The molecule has 1 fully saturated rings. The molecule has 0 atom stereocenters. The molecule has 0 N–H and O–H groups in total. The number of fused-ring (bicyclic) bond motifs is 1. The lowest BCUT2D eigenvalue weighted by atomic mass is 10.0. The van der Waals surface area contributed by atoms with Gasteiger partial charge in [-0.15, -0.1) is 0 Å². The molecule has 4 nitrogen and oxygen atoms in total. The number of nitrogens with zero attached hydrogens (tertiary/aromatic N) is 1. The first-order valence-corrected chi connectivity index (χ1v) is 9.22. The number of carboxylic acid groups (broad SMARTS) is 1. The first-order chi connectivity index (χ1) is 12.1. The van der Waals surface area contributed by atoms with Crippen molar-refractivity contribution < 1.29 is 14.7 Å². The summed E-state index contributed by atoms with van der Waals surface area (Å²) in [6.45, 7) is 0.435. The largest absolute Gasteiger partial charge is 0.550 e. The smallest absolute Gasteiger partial charge is 0.266 e. The van der Waals surface area contributed by atoms with Crippen LogP contribution in [0.25, 0.3) is 16.8 Å². The molecule has 1 amide bonds. The highest BCUT2D eigenvalue weighted by Crippen LogP contribution is 2.34. The Kier molecular flexibility index (Phi) is 5.50. The van der Waals surface area contributed by atoms with Crippen LogP contribution in [0.4, 0.5) is 0 Å². The SMILES string of the molecule is O=C([O-])CCCCN1C(=O)/C(=C\c2cccc3ccccc23)SC1=S. The number of rotatable bonds is 6. The summed E-state index contributed by atoms with van der Waals surface area (Å²) in [5.74, 6) is -1.18. The summed E-state index contributed by atoms with van der Waals surface area (Å²) in [6, 6.07) is 14.0. The van der Waals surface area contributed by atoms with Gasteiger partial charge in [0, 0.05) is 12.5 Å². The molecular formula is C19H16NO3S2-. The van der Waals surface area contributed by atoms with E-state index in [-0.39, 0.29) is 12.3 Å². The highest BCUT2D eigenvalue weighted by Gasteiger charge is 2.31. The summed E-state index contributed by atoms with van der Waals surface area (Å²) >= 11 is 6.60. The van der Waals surface area contributed by atoms with Gasteiger partial charge in [0.25, 0.3) is 5.91 Å². The van der Waals surface area contributed by atoms with Crippen LogP contribution in [0.3, 0.4) is 0 Å². The van der Waals surface area contributed by atoms with E-state index in [2.05, 4.69) is 0 Å². The van der Waals surface area contributed by atoms with Crippen molar-refractivity contribution in [1.82, 2.24) is 4.90 Å². The number of unbranched alkanes of at least 4 members (excludes halogenated alkanes) is 1. The minimum atomic E-state index is -1.07. The van der Waals surface area contributed by atoms with E-state index in [0.29, 0.717) is 28.6 Å². The molecule has 0 unspecified atom stereocenters. The number of carboxylic acids is 1. The number of carbonyl (C=O) groups excluding carboxylic acids is 2. The molecule has 128 valence electrons. The van der Waals surface area contributed by atoms with Crippen LogP contribution in [-0.4, -0.2) is 27.6 Å². The quantitative estimate of drug-likeness (QED) is 0.444. The minimum absolute atomic E-state index is 0.000631. The van der Waals surface area contributed by atoms with Crippen LogP contribution in [0.2, 0.25) is 0 Å². The lowest BCUT2D eigenvalue weighted by molar-refractivity contribution is -0.305. The standard InChI is InChI=1S/C19H17NO3S2/c21-17(22)10-3-4-11-20-18(23)16(25-19(20)24)12-14-8-5-7-13-6-1-2-9-15(13)14/h1-2,5-9,12H,3-4,10-11H2,(H,21,22)/p-1/b16-12+. The Bertz CT molecular complexity index is 871. The second kappa shape index (κ2) is 7.80. The third-order valence-electron chi connectivity index (χ3n) is 4.00. The fourth-order valence-electron chi connectivity index (χ4n) is 2.75. The zero-order valence-electron chi connectivity index (χ0n) is 13.4. The Morgan fingerprint density at radius 3 is 2.72 bits per heavy atom. The molecule has 1 aliphatic rings. The van der Waals surface area contributed by atoms with Gasteiger partial charge in [0.2, 0.25) is 0 Å². The highest BCUT2D eigenvalue weighted by atomic mass is 32.2. The van der Waals surface area contributed by atoms with E-state index in [1.807, 2.05) is 48.5 Å². The van der Waals surface area contributed by atoms with Gasteiger partial charge in [-0.25, -0.2) is 0 Å². The van der Waals surface area contributed by atoms with Gasteiger partial charge in [0.15, 0.2) is 0 Å². The summed E-state index contributed by atoms with van der Waals surface area (Å²) in [5, 5.41) is 12.7. The van der Waals surface area contributed by atoms with Crippen molar-refractivity contribution >= 4 is 57.0 Å². The van der Waals surface area contributed by atoms with Gasteiger partial charge >= 0.3 is 0 Å². The second-order valence-electron chi connectivity index (χ2n) is 5.73. The summed E-state index contributed by atoms with van der Waals surface area (Å²) < 4.78 is 0.518. The summed E-state index contributed by atoms with van der Waals surface area (Å²) in [4.78, 5) is 25.2. The molecule has 2 aromatic carbocycles. The van der Waals surface area contributed by atoms with Crippen molar-refractivity contribution in [1.29, 1.82) is 0 Å². The van der Waals surface area contributed by atoms with Gasteiger partial charge in [-0.3, -0.25) is 9.69 Å². The van der Waals surface area contributed by atoms with Gasteiger partial charge in [-0.2, -0.15) is 0 Å². The predicted octanol–water partition coefficient (Wildman–Crippen LogP) is 2.96. The van der Waals surface area contributed by atoms with Gasteiger partial charge < -0.3 is 9.90 Å². The molecule has 25 heavy (non-hydrogen) atoms. The van der Waals surface area contributed by atoms with Gasteiger partial charge in [-0.05, 0) is 41.7 Å². The molecule has 1 aliphatic heterocycles. The monoisotopic (exact) mass is 370 g/mol. The lowest BCUT2D eigenvalue weighted by Crippen LogP contribution is -2.29. The second-order valence-corrected chi connectivity index (χ2v) is 7.41. The average Bonchev–Trinajstić information content (AvgIpc) is 2.86. The molecule has 0 aliphatic carbocycles. The molecule has 0 radical (unpaired) electrons. The third-order valence-corrected chi connectivity index (χ3v) is 5.37. The Hall–Kier alpha value is -2.18. The number of benzene rings is 2. The van der Waals surface area contributed by atoms with Crippen LogP contribution >= 0.6 is 24.0 Å². The normalized spacial score (nSPS) is 16.2. The van der Waals surface area contributed by atoms with E-state index in [9.17, 15) is 14.7 Å². The molecule has 0 spiro atoms. The van der Waals surface area contributed by atoms with Crippen molar-refractivity contribution in [3.8, 4) is 0 Å². The van der Waals surface area contributed by atoms with Gasteiger partial charge in [0.1, 0.15) is 4.32 Å². The number of hydrogen-bond donors (Lipinski definition) is 0. The van der Waals surface area contributed by atoms with E-state index < -0.39 is 5.97 Å². The molecular weight excluding hydrogens is 354 g/mol. The van der Waals surface area contributed by atoms with Crippen molar-refractivity contribution in [2.24, 2.45) is 0 Å². The number of amides is 1. The third kappa shape index (κ3) is 4.08. The molecule has 2 aromatic rings. The highest BCUT2D eigenvalue weighted by molar-refractivity contribution is 8.26. The maximum atomic E-state index is 12.6. The number of thioether (sulfide) groups is 1.